The summed E-state index contributed by atoms with van der Waals surface area (Å²) >= 11 is 0. The van der Waals surface area contributed by atoms with Crippen molar-refractivity contribution >= 4 is 5.91 Å². The van der Waals surface area contributed by atoms with Gasteiger partial charge in [0.05, 0.1) is 11.8 Å². The number of nitrogens with one attached hydrogen (secondary N) is 2. The number of carbonyl (C=O) groups is 1. The van der Waals surface area contributed by atoms with Gasteiger partial charge in [0.15, 0.2) is 0 Å². The first kappa shape index (κ1) is 13.8. The lowest BCUT2D eigenvalue weighted by atomic mass is 10.1. The molecule has 0 fully saturated rings. The molecule has 102 valence electrons. The van der Waals surface area contributed by atoms with E-state index in [-0.39, 0.29) is 19.1 Å². The van der Waals surface area contributed by atoms with Crippen LogP contribution in [0.4, 0.5) is 4.39 Å². The van der Waals surface area contributed by atoms with E-state index in [4.69, 9.17) is 5.11 Å². The zero-order valence-corrected chi connectivity index (χ0v) is 10.5. The molecule has 1 amide bonds. The van der Waals surface area contributed by atoms with E-state index in [0.29, 0.717) is 16.7 Å². The molecule has 0 bridgehead atoms. The number of aliphatic hydroxyl groups is 1. The fourth-order valence-corrected chi connectivity index (χ4v) is 1.58. The summed E-state index contributed by atoms with van der Waals surface area (Å²) < 4.78 is 13.6. The van der Waals surface area contributed by atoms with Crippen molar-refractivity contribution < 1.29 is 14.3 Å². The smallest absolute Gasteiger partial charge is 0.254 e. The van der Waals surface area contributed by atoms with Gasteiger partial charge in [0.25, 0.3) is 5.91 Å². The third kappa shape index (κ3) is 3.43. The lowest BCUT2D eigenvalue weighted by molar-refractivity contribution is 0.0950. The van der Waals surface area contributed by atoms with Crippen molar-refractivity contribution in [1.29, 1.82) is 0 Å². The number of nitrogens with zero attached hydrogens (tertiary/aromatic N) is 1. The number of rotatable bonds is 3. The highest BCUT2D eigenvalue weighted by atomic mass is 19.1. The zero-order chi connectivity index (χ0) is 14.4. The first-order valence-corrected chi connectivity index (χ1v) is 5.86. The summed E-state index contributed by atoms with van der Waals surface area (Å²) in [5, 5.41) is 17.4. The summed E-state index contributed by atoms with van der Waals surface area (Å²) in [5.41, 5.74) is 1.28. The first-order chi connectivity index (χ1) is 9.70. The SMILES string of the molecule is O=C(NCc1cc(C#CCO)ccc1F)c1cn[nH]c1. The molecular formula is C14H12FN3O2. The Bertz CT molecular complexity index is 657. The molecule has 2 rings (SSSR count). The zero-order valence-electron chi connectivity index (χ0n) is 10.5. The molecule has 0 aliphatic rings. The maximum atomic E-state index is 13.6. The molecule has 0 radical (unpaired) electrons. The van der Waals surface area contributed by atoms with Crippen molar-refractivity contribution in [3.63, 3.8) is 0 Å². The van der Waals surface area contributed by atoms with Crippen molar-refractivity contribution in [2.24, 2.45) is 0 Å². The molecule has 1 heterocycles. The normalized spacial score (nSPS) is 9.70. The van der Waals surface area contributed by atoms with Crippen molar-refractivity contribution in [1.82, 2.24) is 15.5 Å². The molecule has 0 saturated heterocycles. The molecule has 3 N–H and O–H groups in total. The van der Waals surface area contributed by atoms with Gasteiger partial charge in [-0.1, -0.05) is 11.8 Å². The van der Waals surface area contributed by atoms with E-state index in [2.05, 4.69) is 27.4 Å². The molecule has 20 heavy (non-hydrogen) atoms. The number of H-pyrrole nitrogens is 1. The summed E-state index contributed by atoms with van der Waals surface area (Å²) in [6.07, 6.45) is 2.84. The van der Waals surface area contributed by atoms with E-state index < -0.39 is 5.82 Å². The Kier molecular flexibility index (Phi) is 4.47. The molecule has 5 nitrogen and oxygen atoms in total. The highest BCUT2D eigenvalue weighted by molar-refractivity contribution is 5.93. The van der Waals surface area contributed by atoms with Gasteiger partial charge in [-0.05, 0) is 18.2 Å². The van der Waals surface area contributed by atoms with Crippen LogP contribution >= 0.6 is 0 Å². The van der Waals surface area contributed by atoms with Crippen molar-refractivity contribution in [3.05, 3.63) is 53.1 Å². The van der Waals surface area contributed by atoms with Crippen molar-refractivity contribution in [3.8, 4) is 11.8 Å². The third-order valence-electron chi connectivity index (χ3n) is 2.56. The van der Waals surface area contributed by atoms with E-state index >= 15 is 0 Å². The minimum absolute atomic E-state index is 0.0461. The van der Waals surface area contributed by atoms with Gasteiger partial charge >= 0.3 is 0 Å². The van der Waals surface area contributed by atoms with Crippen LogP contribution in [0.5, 0.6) is 0 Å². The molecule has 0 spiro atoms. The number of hydrogen-bond acceptors (Lipinski definition) is 3. The Morgan fingerprint density at radius 2 is 2.35 bits per heavy atom. The number of aliphatic hydroxyl groups excluding tert-OH is 1. The molecular weight excluding hydrogens is 261 g/mol. The molecule has 1 aromatic carbocycles. The van der Waals surface area contributed by atoms with Crippen LogP contribution in [-0.4, -0.2) is 27.8 Å². The van der Waals surface area contributed by atoms with Gasteiger partial charge in [-0.3, -0.25) is 9.89 Å². The van der Waals surface area contributed by atoms with Crippen LogP contribution in [0.15, 0.2) is 30.6 Å². The minimum atomic E-state index is -0.424. The number of carbonyl (C=O) groups excluding carboxylic acids is 1. The van der Waals surface area contributed by atoms with Gasteiger partial charge in [-0.2, -0.15) is 5.10 Å². The summed E-state index contributed by atoms with van der Waals surface area (Å²) in [4.78, 5) is 11.7. The Labute approximate surface area is 114 Å². The number of aromatic nitrogens is 2. The monoisotopic (exact) mass is 273 g/mol. The van der Waals surface area contributed by atoms with Gasteiger partial charge in [0.2, 0.25) is 0 Å². The van der Waals surface area contributed by atoms with E-state index in [1.54, 1.807) is 0 Å². The van der Waals surface area contributed by atoms with Gasteiger partial charge in [0, 0.05) is 23.9 Å². The van der Waals surface area contributed by atoms with Crippen LogP contribution < -0.4 is 5.32 Å². The summed E-state index contributed by atoms with van der Waals surface area (Å²) in [5.74, 6) is 4.40. The molecule has 1 aromatic heterocycles. The number of amides is 1. The van der Waals surface area contributed by atoms with Gasteiger partial charge in [-0.25, -0.2) is 4.39 Å². The van der Waals surface area contributed by atoms with E-state index in [1.807, 2.05) is 0 Å². The maximum Gasteiger partial charge on any atom is 0.254 e. The average molecular weight is 273 g/mol. The summed E-state index contributed by atoms with van der Waals surface area (Å²) in [6, 6.07) is 4.33. The number of benzene rings is 1. The lowest BCUT2D eigenvalue weighted by Gasteiger charge is -2.05. The predicted molar refractivity (Wildman–Crippen MR) is 70.1 cm³/mol. The fraction of sp³-hybridized carbons (Fsp3) is 0.143. The summed E-state index contributed by atoms with van der Waals surface area (Å²) in [6.45, 7) is -0.214. The first-order valence-electron chi connectivity index (χ1n) is 5.86. The van der Waals surface area contributed by atoms with Crippen LogP contribution in [0.2, 0.25) is 0 Å². The largest absolute Gasteiger partial charge is 0.384 e. The van der Waals surface area contributed by atoms with E-state index in [1.165, 1.54) is 30.6 Å². The number of aromatic amines is 1. The average Bonchev–Trinajstić information content (AvgIpc) is 2.99. The molecule has 6 heteroatoms. The predicted octanol–water partition coefficient (Wildman–Crippen LogP) is 0.823. The topological polar surface area (TPSA) is 78.0 Å². The van der Waals surface area contributed by atoms with Crippen LogP contribution in [0, 0.1) is 17.7 Å². The second-order valence-electron chi connectivity index (χ2n) is 3.94. The molecule has 0 aliphatic carbocycles. The molecule has 2 aromatic rings. The summed E-state index contributed by atoms with van der Waals surface area (Å²) in [7, 11) is 0. The van der Waals surface area contributed by atoms with Crippen molar-refractivity contribution in [2.45, 2.75) is 6.54 Å². The Morgan fingerprint density at radius 3 is 3.05 bits per heavy atom. The number of hydrogen-bond donors (Lipinski definition) is 3. The van der Waals surface area contributed by atoms with Crippen LogP contribution in [-0.2, 0) is 6.54 Å². The van der Waals surface area contributed by atoms with E-state index in [0.717, 1.165) is 0 Å². The Morgan fingerprint density at radius 1 is 1.50 bits per heavy atom. The molecule has 0 atom stereocenters. The highest BCUT2D eigenvalue weighted by Crippen LogP contribution is 2.10. The van der Waals surface area contributed by atoms with Crippen LogP contribution in [0.1, 0.15) is 21.5 Å². The minimum Gasteiger partial charge on any atom is -0.384 e. The van der Waals surface area contributed by atoms with E-state index in [9.17, 15) is 9.18 Å². The Hall–Kier alpha value is -2.65. The van der Waals surface area contributed by atoms with Gasteiger partial charge in [0.1, 0.15) is 12.4 Å². The molecule has 0 unspecified atom stereocenters. The highest BCUT2D eigenvalue weighted by Gasteiger charge is 2.08. The fourth-order valence-electron chi connectivity index (χ4n) is 1.58. The Balaban J connectivity index is 2.07. The second kappa shape index (κ2) is 6.50. The maximum absolute atomic E-state index is 13.6. The number of halogens is 1. The quantitative estimate of drug-likeness (QED) is 0.725. The van der Waals surface area contributed by atoms with Crippen LogP contribution in [0.3, 0.4) is 0 Å². The van der Waals surface area contributed by atoms with Crippen LogP contribution in [0.25, 0.3) is 0 Å². The molecule has 0 aliphatic heterocycles. The standard InChI is InChI=1S/C14H12FN3O2/c15-13-4-3-10(2-1-5-19)6-11(13)7-16-14(20)12-8-17-18-9-12/h3-4,6,8-9,19H,5,7H2,(H,16,20)(H,17,18). The second-order valence-corrected chi connectivity index (χ2v) is 3.94. The van der Waals surface area contributed by atoms with Crippen molar-refractivity contribution in [2.75, 3.05) is 6.61 Å². The third-order valence-corrected chi connectivity index (χ3v) is 2.56. The molecule has 0 saturated carbocycles. The lowest BCUT2D eigenvalue weighted by Crippen LogP contribution is -2.22. The van der Waals surface area contributed by atoms with Gasteiger partial charge < -0.3 is 10.4 Å². The van der Waals surface area contributed by atoms with Gasteiger partial charge in [-0.15, -0.1) is 0 Å².